The van der Waals surface area contributed by atoms with Gasteiger partial charge in [0, 0.05) is 11.8 Å². The fourth-order valence-electron chi connectivity index (χ4n) is 3.56. The Hall–Kier alpha value is -3.94. The third-order valence-electron chi connectivity index (χ3n) is 5.17. The van der Waals surface area contributed by atoms with Crippen LogP contribution >= 0.6 is 0 Å². The molecule has 0 fully saturated rings. The van der Waals surface area contributed by atoms with Crippen molar-refractivity contribution in [3.8, 4) is 5.75 Å². The summed E-state index contributed by atoms with van der Waals surface area (Å²) >= 11 is 0. The molecule has 0 aliphatic rings. The highest BCUT2D eigenvalue weighted by atomic mass is 16.5. The van der Waals surface area contributed by atoms with E-state index in [1.165, 1.54) is 10.5 Å². The molecule has 0 radical (unpaired) electrons. The van der Waals surface area contributed by atoms with Gasteiger partial charge in [-0.25, -0.2) is 9.36 Å². The Morgan fingerprint density at radius 3 is 2.65 bits per heavy atom. The van der Waals surface area contributed by atoms with E-state index < -0.39 is 5.97 Å². The van der Waals surface area contributed by atoms with Gasteiger partial charge in [-0.1, -0.05) is 23.2 Å². The smallest absolute Gasteiger partial charge is 0.344 e. The van der Waals surface area contributed by atoms with Crippen molar-refractivity contribution >= 4 is 28.5 Å². The molecule has 3 heterocycles. The average Bonchev–Trinajstić information content (AvgIpc) is 2.77. The van der Waals surface area contributed by atoms with E-state index >= 15 is 0 Å². The minimum absolute atomic E-state index is 0.134. The summed E-state index contributed by atoms with van der Waals surface area (Å²) in [4.78, 5) is 30.6. The number of carbonyl (C=O) groups is 1. The third kappa shape index (κ3) is 3.56. The van der Waals surface area contributed by atoms with Crippen molar-refractivity contribution in [2.45, 2.75) is 20.4 Å². The number of nitrogens with two attached hydrogens (primary N) is 1. The van der Waals surface area contributed by atoms with Crippen molar-refractivity contribution in [1.82, 2.24) is 9.38 Å². The molecule has 2 N–H and O–H groups in total. The maximum atomic E-state index is 13.3. The molecule has 158 valence electrons. The van der Waals surface area contributed by atoms with Crippen LogP contribution in [0.3, 0.4) is 0 Å². The number of rotatable bonds is 5. The summed E-state index contributed by atoms with van der Waals surface area (Å²) in [7, 11) is 1.60. The molecule has 1 aromatic carbocycles. The second-order valence-electron chi connectivity index (χ2n) is 7.14. The second-order valence-corrected chi connectivity index (χ2v) is 7.14. The highest BCUT2D eigenvalue weighted by molar-refractivity contribution is 5.96. The van der Waals surface area contributed by atoms with E-state index in [1.807, 2.05) is 37.3 Å². The molecule has 0 unspecified atom stereocenters. The van der Waals surface area contributed by atoms with Gasteiger partial charge in [0.15, 0.2) is 0 Å². The molecule has 0 aliphatic carbocycles. The summed E-state index contributed by atoms with van der Waals surface area (Å²) in [6, 6.07) is 12.6. The maximum Gasteiger partial charge on any atom is 0.344 e. The molecule has 8 nitrogen and oxygen atoms in total. The minimum Gasteiger partial charge on any atom is -0.497 e. The highest BCUT2D eigenvalue weighted by Gasteiger charge is 2.25. The van der Waals surface area contributed by atoms with Gasteiger partial charge in [0.05, 0.1) is 20.3 Å². The SMILES string of the molecule is CCOC(=O)c1cc2c(=O)n3cccc(C)c3nc2[n+](Cc2ccc(OC)cc2)c1N. The number of aromatic nitrogens is 3. The lowest BCUT2D eigenvalue weighted by Gasteiger charge is -2.12. The third-order valence-corrected chi connectivity index (χ3v) is 5.17. The quantitative estimate of drug-likeness (QED) is 0.303. The number of nitrogens with zero attached hydrogens (tertiary/aromatic N) is 3. The van der Waals surface area contributed by atoms with Gasteiger partial charge in [0.25, 0.3) is 11.2 Å². The summed E-state index contributed by atoms with van der Waals surface area (Å²) in [6.07, 6.45) is 1.66. The van der Waals surface area contributed by atoms with E-state index in [2.05, 4.69) is 0 Å². The molecule has 0 saturated carbocycles. The lowest BCUT2D eigenvalue weighted by Crippen LogP contribution is -2.42. The van der Waals surface area contributed by atoms with Gasteiger partial charge in [-0.3, -0.25) is 9.20 Å². The Balaban J connectivity index is 2.03. The molecule has 8 heteroatoms. The first-order chi connectivity index (χ1) is 14.9. The summed E-state index contributed by atoms with van der Waals surface area (Å²) in [6.45, 7) is 4.11. The van der Waals surface area contributed by atoms with E-state index in [1.54, 1.807) is 30.9 Å². The first kappa shape index (κ1) is 20.3. The van der Waals surface area contributed by atoms with Crippen molar-refractivity contribution in [3.05, 3.63) is 75.7 Å². The zero-order valence-electron chi connectivity index (χ0n) is 17.6. The van der Waals surface area contributed by atoms with E-state index in [0.29, 0.717) is 17.8 Å². The molecular formula is C23H23N4O4+. The first-order valence-corrected chi connectivity index (χ1v) is 9.88. The van der Waals surface area contributed by atoms with Crippen LogP contribution in [0, 0.1) is 6.92 Å². The summed E-state index contributed by atoms with van der Waals surface area (Å²) in [5.41, 5.74) is 8.96. The van der Waals surface area contributed by atoms with Gasteiger partial charge in [0.1, 0.15) is 16.7 Å². The number of pyridine rings is 2. The van der Waals surface area contributed by atoms with Crippen LogP contribution in [-0.2, 0) is 11.3 Å². The van der Waals surface area contributed by atoms with Crippen LogP contribution in [0.2, 0.25) is 0 Å². The number of hydrogen-bond acceptors (Lipinski definition) is 6. The summed E-state index contributed by atoms with van der Waals surface area (Å²) in [5, 5.41) is 0.286. The fraction of sp³-hybridized carbons (Fsp3) is 0.217. The van der Waals surface area contributed by atoms with Gasteiger partial charge >= 0.3 is 5.97 Å². The van der Waals surface area contributed by atoms with Crippen molar-refractivity contribution in [2.24, 2.45) is 0 Å². The molecule has 31 heavy (non-hydrogen) atoms. The molecule has 4 aromatic rings. The van der Waals surface area contributed by atoms with E-state index in [9.17, 15) is 9.59 Å². The zero-order valence-corrected chi connectivity index (χ0v) is 17.6. The Labute approximate surface area is 178 Å². The normalized spacial score (nSPS) is 11.1. The maximum absolute atomic E-state index is 13.3. The molecule has 0 bridgehead atoms. The van der Waals surface area contributed by atoms with Crippen LogP contribution in [0.5, 0.6) is 5.75 Å². The van der Waals surface area contributed by atoms with E-state index in [-0.39, 0.29) is 28.9 Å². The van der Waals surface area contributed by atoms with Crippen molar-refractivity contribution in [3.63, 3.8) is 0 Å². The van der Waals surface area contributed by atoms with Crippen LogP contribution in [0.25, 0.3) is 16.7 Å². The zero-order chi connectivity index (χ0) is 22.1. The van der Waals surface area contributed by atoms with E-state index in [0.717, 1.165) is 16.9 Å². The van der Waals surface area contributed by atoms with Crippen LogP contribution in [0.15, 0.2) is 53.5 Å². The molecular weight excluding hydrogens is 396 g/mol. The molecule has 0 amide bonds. The first-order valence-electron chi connectivity index (χ1n) is 9.88. The standard InChI is InChI=1S/C23H22N4O4/c1-4-31-23(29)17-12-18-21(25-20-14(2)6-5-11-26(20)22(18)28)27(19(17)24)13-15-7-9-16(30-3)10-8-15/h5-12,24H,4,13H2,1-3H3/p+1. The van der Waals surface area contributed by atoms with Gasteiger partial charge in [-0.05, 0) is 43.7 Å². The number of aryl methyl sites for hydroxylation is 1. The Morgan fingerprint density at radius 2 is 1.97 bits per heavy atom. The predicted molar refractivity (Wildman–Crippen MR) is 116 cm³/mol. The molecule has 0 saturated heterocycles. The number of ether oxygens (including phenoxy) is 2. The van der Waals surface area contributed by atoms with Crippen molar-refractivity contribution in [2.75, 3.05) is 19.5 Å². The number of hydrogen-bond donors (Lipinski definition) is 1. The van der Waals surface area contributed by atoms with Gasteiger partial charge in [0.2, 0.25) is 11.5 Å². The molecule has 0 atom stereocenters. The number of anilines is 1. The minimum atomic E-state index is -0.584. The van der Waals surface area contributed by atoms with Gasteiger partial charge in [-0.15, -0.1) is 0 Å². The fourth-order valence-corrected chi connectivity index (χ4v) is 3.56. The Kier molecular flexibility index (Phi) is 5.29. The lowest BCUT2D eigenvalue weighted by atomic mass is 10.1. The van der Waals surface area contributed by atoms with Crippen molar-refractivity contribution in [1.29, 1.82) is 0 Å². The molecule has 0 aliphatic heterocycles. The van der Waals surface area contributed by atoms with Crippen LogP contribution < -0.4 is 20.6 Å². The van der Waals surface area contributed by atoms with Crippen molar-refractivity contribution < 1.29 is 18.8 Å². The second kappa shape index (κ2) is 8.06. The number of esters is 1. The van der Waals surface area contributed by atoms with Crippen LogP contribution in [0.1, 0.15) is 28.4 Å². The van der Waals surface area contributed by atoms with Crippen LogP contribution in [-0.4, -0.2) is 29.1 Å². The van der Waals surface area contributed by atoms with Gasteiger partial charge < -0.3 is 15.2 Å². The number of fused-ring (bicyclic) bond motifs is 2. The Morgan fingerprint density at radius 1 is 1.23 bits per heavy atom. The summed E-state index contributed by atoms with van der Waals surface area (Å²) < 4.78 is 13.5. The number of methoxy groups -OCH3 is 1. The lowest BCUT2D eigenvalue weighted by molar-refractivity contribution is -0.649. The predicted octanol–water partition coefficient (Wildman–Crippen LogP) is 2.26. The average molecular weight is 419 g/mol. The van der Waals surface area contributed by atoms with E-state index in [4.69, 9.17) is 20.2 Å². The van der Waals surface area contributed by atoms with Gasteiger partial charge in [-0.2, -0.15) is 0 Å². The monoisotopic (exact) mass is 419 g/mol. The molecule has 0 spiro atoms. The summed E-state index contributed by atoms with van der Waals surface area (Å²) in [5.74, 6) is 0.329. The number of benzene rings is 1. The Bertz CT molecular complexity index is 1360. The molecule has 4 rings (SSSR count). The highest BCUT2D eigenvalue weighted by Crippen LogP contribution is 2.18. The van der Waals surface area contributed by atoms with Crippen LogP contribution in [0.4, 0.5) is 5.82 Å². The molecule has 3 aromatic heterocycles. The number of carbonyl (C=O) groups excluding carboxylic acids is 1. The largest absolute Gasteiger partial charge is 0.497 e. The topological polar surface area (TPSA) is 99.8 Å². The number of nitrogen functional groups attached to an aromatic ring is 1.